The molecule has 1 atom stereocenters. The number of rotatable bonds is 4. The molecule has 0 aromatic heterocycles. The Morgan fingerprint density at radius 3 is 2.16 bits per heavy atom. The van der Waals surface area contributed by atoms with Crippen LogP contribution in [-0.2, 0) is 15.8 Å². The summed E-state index contributed by atoms with van der Waals surface area (Å²) < 4.78 is 37.1. The molecular formula is C12H12F3NO3. The SMILES string of the molecule is CC(=O)NCC(C(=O)O)c1ccc(C(F)(F)F)cc1. The van der Waals surface area contributed by atoms with E-state index in [1.54, 1.807) is 0 Å². The Hall–Kier alpha value is -2.05. The van der Waals surface area contributed by atoms with Crippen molar-refractivity contribution in [3.63, 3.8) is 0 Å². The van der Waals surface area contributed by atoms with E-state index in [4.69, 9.17) is 5.11 Å². The van der Waals surface area contributed by atoms with Crippen LogP contribution in [0.3, 0.4) is 0 Å². The number of carbonyl (C=O) groups excluding carboxylic acids is 1. The fraction of sp³-hybridized carbons (Fsp3) is 0.333. The lowest BCUT2D eigenvalue weighted by Crippen LogP contribution is -2.30. The zero-order valence-electron chi connectivity index (χ0n) is 9.99. The van der Waals surface area contributed by atoms with Crippen LogP contribution < -0.4 is 5.32 Å². The van der Waals surface area contributed by atoms with Gasteiger partial charge in [0.25, 0.3) is 0 Å². The zero-order chi connectivity index (χ0) is 14.6. The Bertz CT molecular complexity index is 468. The van der Waals surface area contributed by atoms with E-state index in [0.717, 1.165) is 24.3 Å². The van der Waals surface area contributed by atoms with Crippen molar-refractivity contribution in [1.82, 2.24) is 5.32 Å². The minimum atomic E-state index is -4.46. The number of alkyl halides is 3. The van der Waals surface area contributed by atoms with Gasteiger partial charge in [-0.1, -0.05) is 12.1 Å². The molecule has 0 aliphatic rings. The lowest BCUT2D eigenvalue weighted by atomic mass is 9.98. The molecule has 1 unspecified atom stereocenters. The van der Waals surface area contributed by atoms with E-state index in [2.05, 4.69) is 5.32 Å². The van der Waals surface area contributed by atoms with Crippen LogP contribution in [0.5, 0.6) is 0 Å². The maximum absolute atomic E-state index is 12.4. The third-order valence-corrected chi connectivity index (χ3v) is 2.49. The minimum Gasteiger partial charge on any atom is -0.481 e. The van der Waals surface area contributed by atoms with Crippen LogP contribution in [0.15, 0.2) is 24.3 Å². The monoisotopic (exact) mass is 275 g/mol. The Labute approximate surface area is 107 Å². The summed E-state index contributed by atoms with van der Waals surface area (Å²) in [7, 11) is 0. The van der Waals surface area contributed by atoms with Gasteiger partial charge in [0, 0.05) is 13.5 Å². The predicted octanol–water partition coefficient (Wildman–Crippen LogP) is 2.01. The van der Waals surface area contributed by atoms with Gasteiger partial charge in [0.15, 0.2) is 0 Å². The Morgan fingerprint density at radius 2 is 1.79 bits per heavy atom. The molecule has 0 bridgehead atoms. The summed E-state index contributed by atoms with van der Waals surface area (Å²) in [5.74, 6) is -2.70. The molecule has 1 amide bonds. The lowest BCUT2D eigenvalue weighted by molar-refractivity contribution is -0.138. The van der Waals surface area contributed by atoms with Crippen LogP contribution in [0.4, 0.5) is 13.2 Å². The van der Waals surface area contributed by atoms with Crippen LogP contribution in [0.2, 0.25) is 0 Å². The average Bonchev–Trinajstić information content (AvgIpc) is 2.27. The molecule has 0 spiro atoms. The first-order valence-corrected chi connectivity index (χ1v) is 5.36. The molecule has 0 heterocycles. The van der Waals surface area contributed by atoms with Crippen molar-refractivity contribution >= 4 is 11.9 Å². The first-order chi connectivity index (χ1) is 8.71. The molecule has 1 aromatic carbocycles. The molecule has 7 heteroatoms. The molecule has 19 heavy (non-hydrogen) atoms. The molecule has 0 aliphatic heterocycles. The van der Waals surface area contributed by atoms with Gasteiger partial charge >= 0.3 is 12.1 Å². The van der Waals surface area contributed by atoms with Crippen molar-refractivity contribution in [3.05, 3.63) is 35.4 Å². The minimum absolute atomic E-state index is 0.171. The number of amides is 1. The summed E-state index contributed by atoms with van der Waals surface area (Å²) >= 11 is 0. The number of carboxylic acid groups (broad SMARTS) is 1. The summed E-state index contributed by atoms with van der Waals surface area (Å²) in [6.07, 6.45) is -4.46. The molecule has 0 aliphatic carbocycles. The van der Waals surface area contributed by atoms with Gasteiger partial charge in [0.2, 0.25) is 5.91 Å². The van der Waals surface area contributed by atoms with Crippen LogP contribution >= 0.6 is 0 Å². The number of benzene rings is 1. The number of hydrogen-bond donors (Lipinski definition) is 2. The van der Waals surface area contributed by atoms with Gasteiger partial charge in [0.05, 0.1) is 11.5 Å². The second-order valence-corrected chi connectivity index (χ2v) is 3.95. The zero-order valence-corrected chi connectivity index (χ0v) is 9.99. The van der Waals surface area contributed by atoms with Gasteiger partial charge in [-0.25, -0.2) is 0 Å². The third-order valence-electron chi connectivity index (χ3n) is 2.49. The van der Waals surface area contributed by atoms with Crippen molar-refractivity contribution in [2.45, 2.75) is 19.0 Å². The topological polar surface area (TPSA) is 66.4 Å². The molecule has 1 aromatic rings. The number of carbonyl (C=O) groups is 2. The first kappa shape index (κ1) is 15.0. The molecule has 0 saturated carbocycles. The van der Waals surface area contributed by atoms with Gasteiger partial charge in [-0.15, -0.1) is 0 Å². The van der Waals surface area contributed by atoms with Gasteiger partial charge in [-0.05, 0) is 17.7 Å². The molecule has 4 nitrogen and oxygen atoms in total. The highest BCUT2D eigenvalue weighted by Gasteiger charge is 2.30. The van der Waals surface area contributed by atoms with Gasteiger partial charge in [-0.3, -0.25) is 9.59 Å². The molecule has 0 fully saturated rings. The van der Waals surface area contributed by atoms with E-state index < -0.39 is 29.5 Å². The largest absolute Gasteiger partial charge is 0.481 e. The fourth-order valence-electron chi connectivity index (χ4n) is 1.50. The van der Waals surface area contributed by atoms with E-state index in [1.807, 2.05) is 0 Å². The van der Waals surface area contributed by atoms with Gasteiger partial charge in [0.1, 0.15) is 0 Å². The normalized spacial score (nSPS) is 12.8. The van der Waals surface area contributed by atoms with E-state index in [1.165, 1.54) is 6.92 Å². The lowest BCUT2D eigenvalue weighted by Gasteiger charge is -2.14. The molecular weight excluding hydrogens is 263 g/mol. The number of aliphatic carboxylic acids is 1. The Balaban J connectivity index is 2.92. The molecule has 0 saturated heterocycles. The van der Waals surface area contributed by atoms with Crippen molar-refractivity contribution < 1.29 is 27.9 Å². The van der Waals surface area contributed by atoms with Crippen molar-refractivity contribution in [2.75, 3.05) is 6.54 Å². The van der Waals surface area contributed by atoms with Crippen LogP contribution in [0.25, 0.3) is 0 Å². The fourth-order valence-corrected chi connectivity index (χ4v) is 1.50. The van der Waals surface area contributed by atoms with Gasteiger partial charge < -0.3 is 10.4 Å². The second-order valence-electron chi connectivity index (χ2n) is 3.95. The number of hydrogen-bond acceptors (Lipinski definition) is 2. The quantitative estimate of drug-likeness (QED) is 0.883. The Morgan fingerprint density at radius 1 is 1.26 bits per heavy atom. The molecule has 2 N–H and O–H groups in total. The van der Waals surface area contributed by atoms with Crippen molar-refractivity contribution in [1.29, 1.82) is 0 Å². The van der Waals surface area contributed by atoms with Crippen LogP contribution in [-0.4, -0.2) is 23.5 Å². The highest BCUT2D eigenvalue weighted by molar-refractivity contribution is 5.78. The maximum Gasteiger partial charge on any atom is 0.416 e. The first-order valence-electron chi connectivity index (χ1n) is 5.36. The second kappa shape index (κ2) is 5.73. The van der Waals surface area contributed by atoms with Gasteiger partial charge in [-0.2, -0.15) is 13.2 Å². The Kier molecular flexibility index (Phi) is 4.52. The van der Waals surface area contributed by atoms with Crippen molar-refractivity contribution in [2.24, 2.45) is 0 Å². The third kappa shape index (κ3) is 4.27. The molecule has 1 rings (SSSR count). The summed E-state index contributed by atoms with van der Waals surface area (Å²) in [5, 5.41) is 11.3. The summed E-state index contributed by atoms with van der Waals surface area (Å²) in [4.78, 5) is 21.8. The molecule has 104 valence electrons. The smallest absolute Gasteiger partial charge is 0.416 e. The summed E-state index contributed by atoms with van der Waals surface area (Å²) in [5.41, 5.74) is -0.644. The van der Waals surface area contributed by atoms with E-state index in [0.29, 0.717) is 0 Å². The highest BCUT2D eigenvalue weighted by atomic mass is 19.4. The average molecular weight is 275 g/mol. The predicted molar refractivity (Wildman–Crippen MR) is 60.5 cm³/mol. The highest BCUT2D eigenvalue weighted by Crippen LogP contribution is 2.30. The van der Waals surface area contributed by atoms with Crippen LogP contribution in [0.1, 0.15) is 24.0 Å². The summed E-state index contributed by atoms with van der Waals surface area (Å²) in [6.45, 7) is 1.06. The van der Waals surface area contributed by atoms with Crippen molar-refractivity contribution in [3.8, 4) is 0 Å². The molecule has 0 radical (unpaired) electrons. The van der Waals surface area contributed by atoms with Crippen LogP contribution in [0, 0.1) is 0 Å². The summed E-state index contributed by atoms with van der Waals surface area (Å²) in [6, 6.07) is 3.84. The van der Waals surface area contributed by atoms with E-state index >= 15 is 0 Å². The van der Waals surface area contributed by atoms with E-state index in [-0.39, 0.29) is 12.1 Å². The standard InChI is InChI=1S/C12H12F3NO3/c1-7(17)16-6-10(11(18)19)8-2-4-9(5-3-8)12(13,14)15/h2-5,10H,6H2,1H3,(H,16,17)(H,18,19). The van der Waals surface area contributed by atoms with E-state index in [9.17, 15) is 22.8 Å². The number of halogens is 3. The maximum atomic E-state index is 12.4. The number of carboxylic acids is 1. The number of nitrogens with one attached hydrogen (secondary N) is 1.